The molecule has 0 bridgehead atoms. The minimum atomic E-state index is -4.53. The van der Waals surface area contributed by atoms with Crippen LogP contribution in [0.3, 0.4) is 0 Å². The van der Waals surface area contributed by atoms with Crippen LogP contribution < -0.4 is 4.72 Å². The molecule has 34 heavy (non-hydrogen) atoms. The summed E-state index contributed by atoms with van der Waals surface area (Å²) in [6.07, 6.45) is -3.27. The SMILES string of the molecule is O=C(O)C1(c2cc(-c3ccc(C(F)(F)F)cc3)cc(S(=O)(=O)Nc3ccc(F)cc3)c2)CCC1. The molecule has 1 fully saturated rings. The van der Waals surface area contributed by atoms with E-state index in [0.29, 0.717) is 24.8 Å². The summed E-state index contributed by atoms with van der Waals surface area (Å²) < 4.78 is 80.6. The number of nitrogens with one attached hydrogen (secondary N) is 1. The Labute approximate surface area is 193 Å². The zero-order valence-corrected chi connectivity index (χ0v) is 18.4. The van der Waals surface area contributed by atoms with Crippen LogP contribution in [0.5, 0.6) is 0 Å². The smallest absolute Gasteiger partial charge is 0.416 e. The van der Waals surface area contributed by atoms with Crippen LogP contribution in [-0.4, -0.2) is 19.5 Å². The van der Waals surface area contributed by atoms with E-state index >= 15 is 0 Å². The third-order valence-corrected chi connectivity index (χ3v) is 7.39. The highest BCUT2D eigenvalue weighted by atomic mass is 32.2. The minimum Gasteiger partial charge on any atom is -0.481 e. The highest BCUT2D eigenvalue weighted by Gasteiger charge is 2.46. The number of carboxylic acids is 1. The molecule has 0 spiro atoms. The van der Waals surface area contributed by atoms with Gasteiger partial charge in [0, 0.05) is 5.69 Å². The molecular formula is C24H19F4NO4S. The van der Waals surface area contributed by atoms with Crippen LogP contribution in [0, 0.1) is 5.82 Å². The van der Waals surface area contributed by atoms with Crippen molar-refractivity contribution in [1.29, 1.82) is 0 Å². The average molecular weight is 493 g/mol. The first-order valence-corrected chi connectivity index (χ1v) is 11.7. The normalized spacial score (nSPS) is 15.4. The van der Waals surface area contributed by atoms with Crippen molar-refractivity contribution in [1.82, 2.24) is 0 Å². The Morgan fingerprint density at radius 3 is 2.03 bits per heavy atom. The van der Waals surface area contributed by atoms with Crippen molar-refractivity contribution in [3.63, 3.8) is 0 Å². The Bertz CT molecular complexity index is 1330. The lowest BCUT2D eigenvalue weighted by Gasteiger charge is -2.38. The minimum absolute atomic E-state index is 0.0967. The second kappa shape index (κ2) is 8.43. The number of anilines is 1. The molecule has 1 saturated carbocycles. The van der Waals surface area contributed by atoms with E-state index in [2.05, 4.69) is 4.72 Å². The molecule has 4 rings (SSSR count). The predicted octanol–water partition coefficient (Wildman–Crippen LogP) is 5.82. The number of benzene rings is 3. The Balaban J connectivity index is 1.82. The first kappa shape index (κ1) is 23.7. The maximum absolute atomic E-state index is 13.2. The van der Waals surface area contributed by atoms with Gasteiger partial charge in [-0.05, 0) is 84.1 Å². The summed E-state index contributed by atoms with van der Waals surface area (Å²) in [4.78, 5) is 11.8. The van der Waals surface area contributed by atoms with Crippen molar-refractivity contribution in [2.24, 2.45) is 0 Å². The molecule has 1 aliphatic carbocycles. The largest absolute Gasteiger partial charge is 0.481 e. The van der Waals surface area contributed by atoms with Gasteiger partial charge in [-0.25, -0.2) is 12.8 Å². The molecule has 3 aromatic rings. The quantitative estimate of drug-likeness (QED) is 0.424. The number of alkyl halides is 3. The third-order valence-electron chi connectivity index (χ3n) is 6.03. The number of hydrogen-bond acceptors (Lipinski definition) is 3. The van der Waals surface area contributed by atoms with Crippen molar-refractivity contribution in [3.8, 4) is 11.1 Å². The maximum atomic E-state index is 13.2. The molecule has 0 atom stereocenters. The number of carbonyl (C=O) groups is 1. The molecule has 0 heterocycles. The summed E-state index contributed by atoms with van der Waals surface area (Å²) in [6.45, 7) is 0. The van der Waals surface area contributed by atoms with Gasteiger partial charge in [-0.3, -0.25) is 9.52 Å². The lowest BCUT2D eigenvalue weighted by Crippen LogP contribution is -2.42. The Hall–Kier alpha value is -3.40. The molecule has 0 radical (unpaired) electrons. The molecule has 3 aromatic carbocycles. The summed E-state index contributed by atoms with van der Waals surface area (Å²) in [5.41, 5.74) is -1.23. The Morgan fingerprint density at radius 2 is 1.53 bits per heavy atom. The molecule has 10 heteroatoms. The van der Waals surface area contributed by atoms with E-state index in [4.69, 9.17) is 0 Å². The van der Waals surface area contributed by atoms with Gasteiger partial charge in [-0.15, -0.1) is 0 Å². The predicted molar refractivity (Wildman–Crippen MR) is 117 cm³/mol. The monoisotopic (exact) mass is 493 g/mol. The fourth-order valence-electron chi connectivity index (χ4n) is 3.94. The molecule has 5 nitrogen and oxygen atoms in total. The average Bonchev–Trinajstić information content (AvgIpc) is 2.73. The summed E-state index contributed by atoms with van der Waals surface area (Å²) in [5, 5.41) is 9.85. The summed E-state index contributed by atoms with van der Waals surface area (Å²) in [6, 6.07) is 12.8. The highest BCUT2D eigenvalue weighted by molar-refractivity contribution is 7.92. The zero-order chi connectivity index (χ0) is 24.7. The standard InChI is InChI=1S/C24H19F4NO4S/c25-19-6-8-20(9-7-19)29-34(32,33)21-13-16(15-2-4-17(5-3-15)24(26,27)28)12-18(14-21)23(22(30)31)10-1-11-23/h2-9,12-14,29H,1,10-11H2,(H,30,31). The van der Waals surface area contributed by atoms with Crippen LogP contribution in [-0.2, 0) is 26.4 Å². The van der Waals surface area contributed by atoms with Gasteiger partial charge < -0.3 is 5.11 Å². The molecule has 0 aliphatic heterocycles. The van der Waals surface area contributed by atoms with Crippen LogP contribution in [0.1, 0.15) is 30.4 Å². The third kappa shape index (κ3) is 4.50. The Kier molecular flexibility index (Phi) is 5.89. The fraction of sp³-hybridized carbons (Fsp3) is 0.208. The molecule has 0 unspecified atom stereocenters. The van der Waals surface area contributed by atoms with Crippen molar-refractivity contribution in [3.05, 3.63) is 83.7 Å². The topological polar surface area (TPSA) is 83.5 Å². The molecule has 2 N–H and O–H groups in total. The van der Waals surface area contributed by atoms with E-state index in [0.717, 1.165) is 24.3 Å². The molecule has 0 saturated heterocycles. The van der Waals surface area contributed by atoms with Gasteiger partial charge in [0.25, 0.3) is 10.0 Å². The number of rotatable bonds is 6. The summed E-state index contributed by atoms with van der Waals surface area (Å²) in [7, 11) is -4.23. The van der Waals surface area contributed by atoms with Crippen LogP contribution in [0.4, 0.5) is 23.2 Å². The van der Waals surface area contributed by atoms with E-state index in [9.17, 15) is 35.9 Å². The van der Waals surface area contributed by atoms with Crippen molar-refractivity contribution in [2.45, 2.75) is 35.7 Å². The first-order chi connectivity index (χ1) is 15.9. The van der Waals surface area contributed by atoms with Gasteiger partial charge in [0.05, 0.1) is 15.9 Å². The zero-order valence-electron chi connectivity index (χ0n) is 17.6. The van der Waals surface area contributed by atoms with E-state index < -0.39 is 39.0 Å². The summed E-state index contributed by atoms with van der Waals surface area (Å²) in [5.74, 6) is -1.65. The van der Waals surface area contributed by atoms with Crippen LogP contribution >= 0.6 is 0 Å². The molecule has 178 valence electrons. The van der Waals surface area contributed by atoms with Crippen LogP contribution in [0.25, 0.3) is 11.1 Å². The first-order valence-electron chi connectivity index (χ1n) is 10.3. The number of carboxylic acid groups (broad SMARTS) is 1. The lowest BCUT2D eigenvalue weighted by atomic mass is 9.64. The molecule has 0 amide bonds. The highest BCUT2D eigenvalue weighted by Crippen LogP contribution is 2.46. The number of halogens is 4. The van der Waals surface area contributed by atoms with Gasteiger partial charge in [0.1, 0.15) is 5.82 Å². The van der Waals surface area contributed by atoms with Gasteiger partial charge in [0.2, 0.25) is 0 Å². The van der Waals surface area contributed by atoms with E-state index in [1.807, 2.05) is 0 Å². The van der Waals surface area contributed by atoms with Gasteiger partial charge >= 0.3 is 12.1 Å². The van der Waals surface area contributed by atoms with E-state index in [-0.39, 0.29) is 21.7 Å². The molecular weight excluding hydrogens is 474 g/mol. The molecule has 0 aromatic heterocycles. The number of hydrogen-bond donors (Lipinski definition) is 2. The van der Waals surface area contributed by atoms with Crippen LogP contribution in [0.2, 0.25) is 0 Å². The van der Waals surface area contributed by atoms with Gasteiger partial charge in [0.15, 0.2) is 0 Å². The second-order valence-electron chi connectivity index (χ2n) is 8.17. The Morgan fingerprint density at radius 1 is 0.912 bits per heavy atom. The van der Waals surface area contributed by atoms with Gasteiger partial charge in [-0.2, -0.15) is 13.2 Å². The van der Waals surface area contributed by atoms with E-state index in [1.54, 1.807) is 0 Å². The van der Waals surface area contributed by atoms with Crippen LogP contribution in [0.15, 0.2) is 71.6 Å². The number of aliphatic carboxylic acids is 1. The maximum Gasteiger partial charge on any atom is 0.416 e. The molecule has 1 aliphatic rings. The van der Waals surface area contributed by atoms with Crippen molar-refractivity contribution >= 4 is 21.7 Å². The van der Waals surface area contributed by atoms with Gasteiger partial charge in [-0.1, -0.05) is 18.6 Å². The van der Waals surface area contributed by atoms with Crippen molar-refractivity contribution in [2.75, 3.05) is 4.72 Å². The fourth-order valence-corrected chi connectivity index (χ4v) is 5.07. The van der Waals surface area contributed by atoms with E-state index in [1.165, 1.54) is 42.5 Å². The number of sulfonamides is 1. The second-order valence-corrected chi connectivity index (χ2v) is 9.86. The lowest BCUT2D eigenvalue weighted by molar-refractivity contribution is -0.147. The van der Waals surface area contributed by atoms with Crippen molar-refractivity contribution < 1.29 is 35.9 Å². The summed E-state index contributed by atoms with van der Waals surface area (Å²) >= 11 is 0.